The number of amides is 3. The van der Waals surface area contributed by atoms with E-state index in [4.69, 9.17) is 9.47 Å². The zero-order valence-electron chi connectivity index (χ0n) is 18.5. The summed E-state index contributed by atoms with van der Waals surface area (Å²) in [6, 6.07) is 1.33. The molecule has 0 unspecified atom stereocenters. The summed E-state index contributed by atoms with van der Waals surface area (Å²) >= 11 is 0. The van der Waals surface area contributed by atoms with Crippen LogP contribution in [0.25, 0.3) is 0 Å². The van der Waals surface area contributed by atoms with E-state index in [1.807, 2.05) is 13.8 Å². The Hall–Kier alpha value is -2.71. The van der Waals surface area contributed by atoms with E-state index in [9.17, 15) is 14.4 Å². The molecular weight excluding hydrogens is 376 g/mol. The van der Waals surface area contributed by atoms with Crippen molar-refractivity contribution in [3.63, 3.8) is 0 Å². The molecule has 1 N–H and O–H groups in total. The lowest BCUT2D eigenvalue weighted by atomic mass is 10.2. The van der Waals surface area contributed by atoms with Crippen molar-refractivity contribution in [2.45, 2.75) is 79.4 Å². The van der Waals surface area contributed by atoms with Crippen molar-refractivity contribution in [1.29, 1.82) is 0 Å². The van der Waals surface area contributed by atoms with Crippen molar-refractivity contribution in [2.75, 3.05) is 10.2 Å². The fraction of sp³-hybridized carbons (Fsp3) is 0.650. The number of aromatic nitrogens is 2. The van der Waals surface area contributed by atoms with Gasteiger partial charge in [0.1, 0.15) is 23.3 Å². The van der Waals surface area contributed by atoms with Gasteiger partial charge in [-0.15, -0.1) is 0 Å². The molecule has 1 aromatic heterocycles. The Morgan fingerprint density at radius 1 is 0.966 bits per heavy atom. The molecular formula is C20H32N4O5. The Kier molecular flexibility index (Phi) is 8.11. The van der Waals surface area contributed by atoms with Crippen LogP contribution in [0.1, 0.15) is 68.2 Å². The molecule has 1 fully saturated rings. The summed E-state index contributed by atoms with van der Waals surface area (Å²) in [6.45, 7) is 14.1. The molecule has 0 spiro atoms. The first-order valence-corrected chi connectivity index (χ1v) is 9.75. The monoisotopic (exact) mass is 408 g/mol. The molecule has 1 saturated carbocycles. The summed E-state index contributed by atoms with van der Waals surface area (Å²) in [6.07, 6.45) is 0.960. The van der Waals surface area contributed by atoms with Crippen LogP contribution < -0.4 is 10.2 Å². The molecule has 0 aromatic carbocycles. The van der Waals surface area contributed by atoms with Crippen LogP contribution in [0, 0.1) is 5.92 Å². The number of nitrogens with zero attached hydrogens (tertiary/aromatic N) is 3. The van der Waals surface area contributed by atoms with Crippen LogP contribution in [0.2, 0.25) is 0 Å². The van der Waals surface area contributed by atoms with Gasteiger partial charge in [0.05, 0.1) is 0 Å². The molecule has 9 heteroatoms. The van der Waals surface area contributed by atoms with E-state index in [0.717, 1.165) is 19.2 Å². The maximum Gasteiger partial charge on any atom is 0.425 e. The maximum absolute atomic E-state index is 12.6. The molecule has 1 heterocycles. The number of ether oxygens (including phenoxy) is 2. The number of anilines is 2. The number of hydrogen-bond donors (Lipinski definition) is 1. The van der Waals surface area contributed by atoms with E-state index in [1.54, 1.807) is 41.5 Å². The summed E-state index contributed by atoms with van der Waals surface area (Å²) < 4.78 is 10.6. The van der Waals surface area contributed by atoms with Gasteiger partial charge >= 0.3 is 12.2 Å². The van der Waals surface area contributed by atoms with E-state index in [2.05, 4.69) is 15.3 Å². The molecule has 0 atom stereocenters. The topological polar surface area (TPSA) is 111 Å². The van der Waals surface area contributed by atoms with Gasteiger partial charge in [0.2, 0.25) is 5.91 Å². The van der Waals surface area contributed by atoms with Crippen LogP contribution in [0.4, 0.5) is 21.2 Å². The number of carbonyl (C=O) groups excluding carboxylic acids is 3. The standard InChI is InChI=1S/C18H26N4O5.C2H6/c1-17(2,3)26-15(24)22(16(25)27-18(4,5)6)13-9-12(19-10-20-13)21-14(23)11-7-8-11;1-2/h9-11H,7-8H2,1-6H3,(H,19,20,21,23);1-2H3. The predicted molar refractivity (Wildman–Crippen MR) is 110 cm³/mol. The molecule has 0 bridgehead atoms. The minimum Gasteiger partial charge on any atom is -0.443 e. The number of rotatable bonds is 3. The first-order valence-electron chi connectivity index (χ1n) is 9.75. The van der Waals surface area contributed by atoms with Gasteiger partial charge in [-0.1, -0.05) is 13.8 Å². The van der Waals surface area contributed by atoms with Gasteiger partial charge in [-0.05, 0) is 54.4 Å². The molecule has 9 nitrogen and oxygen atoms in total. The lowest BCUT2D eigenvalue weighted by Crippen LogP contribution is -2.44. The van der Waals surface area contributed by atoms with Gasteiger partial charge in [0.15, 0.2) is 5.82 Å². The van der Waals surface area contributed by atoms with Crippen molar-refractivity contribution >= 4 is 29.7 Å². The smallest absolute Gasteiger partial charge is 0.425 e. The van der Waals surface area contributed by atoms with Gasteiger partial charge in [-0.25, -0.2) is 19.6 Å². The van der Waals surface area contributed by atoms with E-state index >= 15 is 0 Å². The summed E-state index contributed by atoms with van der Waals surface area (Å²) in [4.78, 5) is 45.7. The lowest BCUT2D eigenvalue weighted by molar-refractivity contribution is -0.117. The minimum atomic E-state index is -0.935. The van der Waals surface area contributed by atoms with Crippen LogP contribution in [0.3, 0.4) is 0 Å². The molecule has 1 aliphatic rings. The molecule has 3 amide bonds. The fourth-order valence-corrected chi connectivity index (χ4v) is 1.99. The van der Waals surface area contributed by atoms with Crippen molar-refractivity contribution in [3.8, 4) is 0 Å². The minimum absolute atomic E-state index is 0.0174. The molecule has 0 saturated heterocycles. The van der Waals surface area contributed by atoms with Crippen molar-refractivity contribution in [1.82, 2.24) is 9.97 Å². The average Bonchev–Trinajstić information content (AvgIpc) is 3.38. The van der Waals surface area contributed by atoms with Crippen molar-refractivity contribution in [3.05, 3.63) is 12.4 Å². The number of hydrogen-bond acceptors (Lipinski definition) is 7. The largest absolute Gasteiger partial charge is 0.443 e. The second kappa shape index (κ2) is 9.67. The number of carbonyl (C=O) groups is 3. The van der Waals surface area contributed by atoms with Gasteiger partial charge in [-0.2, -0.15) is 4.90 Å². The van der Waals surface area contributed by atoms with Crippen LogP contribution in [-0.4, -0.2) is 39.3 Å². The highest BCUT2D eigenvalue weighted by atomic mass is 16.6. The second-order valence-corrected chi connectivity index (χ2v) is 8.32. The van der Waals surface area contributed by atoms with E-state index < -0.39 is 23.4 Å². The Balaban J connectivity index is 0.00000204. The predicted octanol–water partition coefficient (Wildman–Crippen LogP) is 4.53. The fourth-order valence-electron chi connectivity index (χ4n) is 1.99. The SMILES string of the molecule is CC.CC(C)(C)OC(=O)N(C(=O)OC(C)(C)C)c1cc(NC(=O)C2CC2)ncn1. The maximum atomic E-state index is 12.6. The zero-order chi connectivity index (χ0) is 22.4. The highest BCUT2D eigenvalue weighted by molar-refractivity contribution is 6.09. The Bertz CT molecular complexity index is 705. The average molecular weight is 408 g/mol. The van der Waals surface area contributed by atoms with Gasteiger partial charge in [-0.3, -0.25) is 4.79 Å². The Morgan fingerprint density at radius 3 is 1.86 bits per heavy atom. The molecule has 0 aliphatic heterocycles. The molecule has 162 valence electrons. The molecule has 29 heavy (non-hydrogen) atoms. The van der Waals surface area contributed by atoms with Crippen LogP contribution >= 0.6 is 0 Å². The van der Waals surface area contributed by atoms with Crippen LogP contribution in [0.15, 0.2) is 12.4 Å². The highest BCUT2D eigenvalue weighted by Crippen LogP contribution is 2.30. The first-order chi connectivity index (χ1) is 13.4. The summed E-state index contributed by atoms with van der Waals surface area (Å²) in [5.41, 5.74) is -1.65. The highest BCUT2D eigenvalue weighted by Gasteiger charge is 2.34. The van der Waals surface area contributed by atoms with Gasteiger partial charge in [0, 0.05) is 12.0 Å². The van der Waals surface area contributed by atoms with Gasteiger partial charge in [0.25, 0.3) is 0 Å². The van der Waals surface area contributed by atoms with E-state index in [1.165, 1.54) is 6.07 Å². The third kappa shape index (κ3) is 8.45. The molecule has 1 aliphatic carbocycles. The molecule has 2 rings (SSSR count). The quantitative estimate of drug-likeness (QED) is 0.782. The summed E-state index contributed by atoms with van der Waals surface area (Å²) in [7, 11) is 0. The van der Waals surface area contributed by atoms with Crippen LogP contribution in [-0.2, 0) is 14.3 Å². The third-order valence-electron chi connectivity index (χ3n) is 3.23. The third-order valence-corrected chi connectivity index (χ3v) is 3.23. The second-order valence-electron chi connectivity index (χ2n) is 8.32. The first kappa shape index (κ1) is 24.3. The van der Waals surface area contributed by atoms with Gasteiger partial charge < -0.3 is 14.8 Å². The lowest BCUT2D eigenvalue weighted by Gasteiger charge is -2.28. The Morgan fingerprint density at radius 2 is 1.45 bits per heavy atom. The Labute approximate surface area is 172 Å². The molecule has 0 radical (unpaired) electrons. The summed E-state index contributed by atoms with van der Waals surface area (Å²) in [5, 5.41) is 2.65. The van der Waals surface area contributed by atoms with E-state index in [-0.39, 0.29) is 23.5 Å². The number of imide groups is 1. The van der Waals surface area contributed by atoms with E-state index in [0.29, 0.717) is 4.90 Å². The van der Waals surface area contributed by atoms with Crippen molar-refractivity contribution < 1.29 is 23.9 Å². The molecule has 1 aromatic rings. The van der Waals surface area contributed by atoms with Crippen LogP contribution in [0.5, 0.6) is 0 Å². The normalized spacial score (nSPS) is 13.5. The zero-order valence-corrected chi connectivity index (χ0v) is 18.5. The summed E-state index contributed by atoms with van der Waals surface area (Å²) in [5.74, 6) is -0.0365. The van der Waals surface area contributed by atoms with Crippen molar-refractivity contribution in [2.24, 2.45) is 5.92 Å². The number of nitrogens with one attached hydrogen (secondary N) is 1.